The zero-order chi connectivity index (χ0) is 12.1. The average molecular weight is 357 g/mol. The maximum Gasteiger partial charge on any atom is 0.501 e. The number of halogens is 2. The molecule has 1 aromatic heterocycles. The summed E-state index contributed by atoms with van der Waals surface area (Å²) in [4.78, 5) is 15.2. The van der Waals surface area contributed by atoms with Crippen molar-refractivity contribution >= 4 is 21.7 Å². The number of Topliss-reactive ketones (excluding diaryl/α,β-unsaturated/α-hetero) is 1. The molecule has 0 aliphatic heterocycles. The number of hydrogen-bond donors (Lipinski definition) is 0. The van der Waals surface area contributed by atoms with Crippen LogP contribution in [0, 0.1) is 14.8 Å². The zero-order valence-electron chi connectivity index (χ0n) is 8.11. The highest BCUT2D eigenvalue weighted by molar-refractivity contribution is 9.09. The first-order chi connectivity index (χ1) is 7.60. The lowest BCUT2D eigenvalue weighted by molar-refractivity contribution is -1.62. The van der Waals surface area contributed by atoms with Crippen LogP contribution in [0.5, 0.6) is 11.5 Å². The van der Waals surface area contributed by atoms with E-state index in [1.807, 2.05) is 0 Å². The van der Waals surface area contributed by atoms with Gasteiger partial charge < -0.3 is 13.1 Å². The molecule has 0 fully saturated rings. The van der Waals surface area contributed by atoms with Gasteiger partial charge in [-0.1, -0.05) is 15.9 Å². The Balaban J connectivity index is 3.20. The van der Waals surface area contributed by atoms with E-state index >= 15 is 0 Å². The SMILES string of the molecule is COc1ccnc(C(=O)CBr)c1O[Br+2]([O-])[O-]. The molecular formula is C8H7Br2NO5. The highest BCUT2D eigenvalue weighted by atomic mass is 80.0. The number of alkyl halides is 1. The lowest BCUT2D eigenvalue weighted by Gasteiger charge is -2.05. The first kappa shape index (κ1) is 13.4. The van der Waals surface area contributed by atoms with Crippen LogP contribution in [0.15, 0.2) is 12.3 Å². The molecule has 88 valence electrons. The highest BCUT2D eigenvalue weighted by Gasteiger charge is 2.26. The minimum Gasteiger partial charge on any atom is -0.492 e. The van der Waals surface area contributed by atoms with Gasteiger partial charge in [0.05, 0.1) is 12.4 Å². The third-order valence-electron chi connectivity index (χ3n) is 1.61. The summed E-state index contributed by atoms with van der Waals surface area (Å²) in [5.74, 6) is -0.416. The van der Waals surface area contributed by atoms with E-state index in [0.717, 1.165) is 0 Å². The molecule has 0 bridgehead atoms. The topological polar surface area (TPSA) is 94.5 Å². The van der Waals surface area contributed by atoms with Crippen molar-refractivity contribution < 1.29 is 36.6 Å². The number of rotatable bonds is 5. The summed E-state index contributed by atoms with van der Waals surface area (Å²) in [5.41, 5.74) is -0.0777. The van der Waals surface area contributed by atoms with Crippen LogP contribution >= 0.6 is 15.9 Å². The second kappa shape index (κ2) is 6.14. The third-order valence-corrected chi connectivity index (χ3v) is 2.71. The number of nitrogens with zero attached hydrogens (tertiary/aromatic N) is 1. The van der Waals surface area contributed by atoms with Gasteiger partial charge in [-0.25, -0.2) is 4.98 Å². The number of hydrogen-bond acceptors (Lipinski definition) is 6. The monoisotopic (exact) mass is 355 g/mol. The average Bonchev–Trinajstić information content (AvgIpc) is 2.27. The Morgan fingerprint density at radius 1 is 1.62 bits per heavy atom. The first-order valence-corrected chi connectivity index (χ1v) is 7.02. The van der Waals surface area contributed by atoms with Gasteiger partial charge in [0.2, 0.25) is 0 Å². The Morgan fingerprint density at radius 3 is 2.81 bits per heavy atom. The van der Waals surface area contributed by atoms with Gasteiger partial charge in [0.15, 0.2) is 17.2 Å². The van der Waals surface area contributed by atoms with Gasteiger partial charge in [0, 0.05) is 12.3 Å². The molecule has 0 amide bonds. The van der Waals surface area contributed by atoms with Crippen molar-refractivity contribution in [2.24, 2.45) is 0 Å². The van der Waals surface area contributed by atoms with E-state index in [9.17, 15) is 13.2 Å². The molecular weight excluding hydrogens is 350 g/mol. The predicted molar refractivity (Wildman–Crippen MR) is 49.5 cm³/mol. The smallest absolute Gasteiger partial charge is 0.492 e. The molecule has 1 heterocycles. The molecule has 0 saturated carbocycles. The van der Waals surface area contributed by atoms with Crippen LogP contribution in [-0.2, 0) is 0 Å². The number of pyridine rings is 1. The van der Waals surface area contributed by atoms with Crippen molar-refractivity contribution in [2.75, 3.05) is 12.4 Å². The minimum atomic E-state index is -3.49. The van der Waals surface area contributed by atoms with E-state index in [1.165, 1.54) is 19.4 Å². The molecule has 1 aromatic rings. The maximum absolute atomic E-state index is 11.4. The maximum atomic E-state index is 11.4. The lowest BCUT2D eigenvalue weighted by atomic mass is 10.2. The molecule has 0 unspecified atom stereocenters. The second-order valence-electron chi connectivity index (χ2n) is 2.51. The Labute approximate surface area is 105 Å². The van der Waals surface area contributed by atoms with Crippen LogP contribution in [0.2, 0.25) is 0 Å². The molecule has 0 spiro atoms. The highest BCUT2D eigenvalue weighted by Crippen LogP contribution is 2.30. The molecule has 0 aliphatic rings. The van der Waals surface area contributed by atoms with Gasteiger partial charge in [0.25, 0.3) is 0 Å². The number of carbonyl (C=O) groups is 1. The zero-order valence-corrected chi connectivity index (χ0v) is 11.3. The summed E-state index contributed by atoms with van der Waals surface area (Å²) in [6.45, 7) is 0. The summed E-state index contributed by atoms with van der Waals surface area (Å²) in [7, 11) is 1.34. The Hall–Kier alpha value is -0.700. The van der Waals surface area contributed by atoms with Crippen LogP contribution in [0.4, 0.5) is 0 Å². The predicted octanol–water partition coefficient (Wildman–Crippen LogP) is -0.867. The summed E-state index contributed by atoms with van der Waals surface area (Å²) in [6, 6.07) is 1.41. The number of methoxy groups -OCH3 is 1. The Morgan fingerprint density at radius 2 is 2.31 bits per heavy atom. The standard InChI is InChI=1S/C8H7Br2NO5/c1-15-6-2-3-11-7(5(12)4-9)8(6)16-10(13)14/h2-3H,4H2,1H3. The molecule has 16 heavy (non-hydrogen) atoms. The van der Waals surface area contributed by atoms with E-state index < -0.39 is 20.6 Å². The van der Waals surface area contributed by atoms with Crippen molar-refractivity contribution in [1.29, 1.82) is 0 Å². The normalized spacial score (nSPS) is 10.3. The third kappa shape index (κ3) is 3.14. The Kier molecular flexibility index (Phi) is 5.13. The van der Waals surface area contributed by atoms with Crippen LogP contribution < -0.4 is 17.0 Å². The molecule has 0 saturated heterocycles. The van der Waals surface area contributed by atoms with E-state index in [1.54, 1.807) is 0 Å². The molecule has 0 radical (unpaired) electrons. The summed E-state index contributed by atoms with van der Waals surface area (Å²) < 4.78 is 30.5. The molecule has 0 aromatic carbocycles. The fourth-order valence-electron chi connectivity index (χ4n) is 0.991. The Bertz CT molecular complexity index is 385. The largest absolute Gasteiger partial charge is 0.501 e. The van der Waals surface area contributed by atoms with Crippen molar-refractivity contribution in [3.8, 4) is 11.5 Å². The molecule has 6 nitrogen and oxygen atoms in total. The van der Waals surface area contributed by atoms with Crippen molar-refractivity contribution in [3.63, 3.8) is 0 Å². The van der Waals surface area contributed by atoms with Gasteiger partial charge in [-0.2, -0.15) is 0 Å². The van der Waals surface area contributed by atoms with E-state index in [0.29, 0.717) is 0 Å². The summed E-state index contributed by atoms with van der Waals surface area (Å²) in [5, 5.41) is 0.0174. The molecule has 0 N–H and O–H groups in total. The number of ether oxygens (including phenoxy) is 1. The van der Waals surface area contributed by atoms with Crippen LogP contribution in [0.3, 0.4) is 0 Å². The number of ketones is 1. The van der Waals surface area contributed by atoms with E-state index in [-0.39, 0.29) is 22.5 Å². The molecule has 8 heteroatoms. The first-order valence-electron chi connectivity index (χ1n) is 3.96. The van der Waals surface area contributed by atoms with Crippen molar-refractivity contribution in [2.45, 2.75) is 0 Å². The van der Waals surface area contributed by atoms with Gasteiger partial charge in [-0.15, -0.1) is 3.83 Å². The van der Waals surface area contributed by atoms with Crippen molar-refractivity contribution in [1.82, 2.24) is 4.98 Å². The number of carbonyl (C=O) groups excluding carboxylic acids is 1. The molecule has 0 atom stereocenters. The van der Waals surface area contributed by atoms with E-state index in [2.05, 4.69) is 24.7 Å². The van der Waals surface area contributed by atoms with Gasteiger partial charge in [0.1, 0.15) is 0 Å². The fourth-order valence-corrected chi connectivity index (χ4v) is 1.83. The number of aromatic nitrogens is 1. The molecule has 1 rings (SSSR count). The second-order valence-corrected chi connectivity index (χ2v) is 4.19. The van der Waals surface area contributed by atoms with Gasteiger partial charge in [-0.3, -0.25) is 4.79 Å². The quantitative estimate of drug-likeness (QED) is 0.503. The fraction of sp³-hybridized carbons (Fsp3) is 0.250. The van der Waals surface area contributed by atoms with Crippen molar-refractivity contribution in [3.05, 3.63) is 18.0 Å². The van der Waals surface area contributed by atoms with Crippen LogP contribution in [-0.4, -0.2) is 23.2 Å². The summed E-state index contributed by atoms with van der Waals surface area (Å²) >= 11 is -0.526. The van der Waals surface area contributed by atoms with Gasteiger partial charge in [-0.05, 0) is 0 Å². The van der Waals surface area contributed by atoms with Crippen LogP contribution in [0.1, 0.15) is 10.5 Å². The lowest BCUT2D eigenvalue weighted by Crippen LogP contribution is -2.37. The van der Waals surface area contributed by atoms with Gasteiger partial charge >= 0.3 is 20.6 Å². The van der Waals surface area contributed by atoms with E-state index in [4.69, 9.17) is 4.74 Å². The summed E-state index contributed by atoms with van der Waals surface area (Å²) in [6.07, 6.45) is 1.34. The minimum absolute atomic E-state index is 0.0174. The molecule has 0 aliphatic carbocycles. The van der Waals surface area contributed by atoms with Crippen LogP contribution in [0.25, 0.3) is 0 Å².